The predicted molar refractivity (Wildman–Crippen MR) is 141 cm³/mol. The molecule has 1 aliphatic heterocycles. The molecule has 1 aliphatic carbocycles. The summed E-state index contributed by atoms with van der Waals surface area (Å²) in [5.74, 6) is -0.237. The normalized spacial score (nSPS) is 19.2. The minimum atomic E-state index is -3.51. The van der Waals surface area contributed by atoms with Crippen LogP contribution in [-0.4, -0.2) is 60.6 Å². The second-order valence-electron chi connectivity index (χ2n) is 8.87. The molecule has 0 aromatic carbocycles. The van der Waals surface area contributed by atoms with Crippen LogP contribution in [0.2, 0.25) is 0 Å². The van der Waals surface area contributed by atoms with Crippen LogP contribution in [0.4, 0.5) is 0 Å². The first-order valence-corrected chi connectivity index (χ1v) is 15.1. The Morgan fingerprint density at radius 2 is 1.79 bits per heavy atom. The number of rotatable bonds is 12. The lowest BCUT2D eigenvalue weighted by atomic mass is 10.1. The first-order chi connectivity index (χ1) is 16.2. The molecule has 0 spiro atoms. The van der Waals surface area contributed by atoms with Crippen molar-refractivity contribution in [3.63, 3.8) is 0 Å². The number of hydrogen-bond acceptors (Lipinski definition) is 5. The monoisotopic (exact) mass is 547 g/mol. The van der Waals surface area contributed by atoms with Gasteiger partial charge in [0.25, 0.3) is 15.9 Å². The van der Waals surface area contributed by atoms with Gasteiger partial charge in [0.2, 0.25) is 0 Å². The number of amides is 1. The summed E-state index contributed by atoms with van der Waals surface area (Å²) >= 11 is 13.2. The van der Waals surface area contributed by atoms with Crippen molar-refractivity contribution >= 4 is 50.5 Å². The van der Waals surface area contributed by atoms with E-state index in [9.17, 15) is 13.2 Å². The van der Waals surface area contributed by atoms with Crippen LogP contribution in [0.25, 0.3) is 0 Å². The fraction of sp³-hybridized carbons (Fsp3) is 0.625. The van der Waals surface area contributed by atoms with Crippen LogP contribution >= 0.6 is 34.5 Å². The highest BCUT2D eigenvalue weighted by molar-refractivity contribution is 7.91. The molecule has 6 nitrogen and oxygen atoms in total. The molecule has 2 heterocycles. The van der Waals surface area contributed by atoms with Crippen molar-refractivity contribution in [1.29, 1.82) is 0 Å². The Bertz CT molecular complexity index is 981. The lowest BCUT2D eigenvalue weighted by molar-refractivity contribution is -0.117. The molecule has 1 N–H and O–H groups in total. The van der Waals surface area contributed by atoms with Gasteiger partial charge in [0, 0.05) is 43.1 Å². The van der Waals surface area contributed by atoms with Gasteiger partial charge >= 0.3 is 0 Å². The van der Waals surface area contributed by atoms with Crippen molar-refractivity contribution in [2.24, 2.45) is 0 Å². The summed E-state index contributed by atoms with van der Waals surface area (Å²) in [6.45, 7) is 6.13. The second-order valence-corrected chi connectivity index (χ2v) is 13.8. The highest BCUT2D eigenvalue weighted by atomic mass is 35.5. The van der Waals surface area contributed by atoms with E-state index < -0.39 is 14.4 Å². The number of unbranched alkanes of at least 4 members (excludes halogenated alkanes) is 5. The number of carbonyl (C=O) groups excluding carboxylic acids is 1. The van der Waals surface area contributed by atoms with E-state index in [4.69, 9.17) is 23.2 Å². The SMILES string of the molecule is CCCCCCCCN1CCN(S(=O)(=O)c2ccc(CNC(=O)C3=CCC(Cl)(Cl)C=C3)s2)CC1. The van der Waals surface area contributed by atoms with Gasteiger partial charge in [-0.05, 0) is 31.2 Å². The molecule has 1 aromatic rings. The third-order valence-corrected chi connectivity index (χ3v) is 10.2. The number of halogens is 2. The van der Waals surface area contributed by atoms with Crippen molar-refractivity contribution in [2.45, 2.75) is 67.0 Å². The zero-order chi connectivity index (χ0) is 24.6. The van der Waals surface area contributed by atoms with Gasteiger partial charge in [-0.25, -0.2) is 8.42 Å². The largest absolute Gasteiger partial charge is 0.347 e. The Kier molecular flexibility index (Phi) is 10.5. The van der Waals surface area contributed by atoms with Gasteiger partial charge in [0.1, 0.15) is 8.54 Å². The quantitative estimate of drug-likeness (QED) is 0.292. The standard InChI is InChI=1S/C24H35Cl2N3O3S2/c1-2-3-4-5-6-7-14-28-15-17-29(18-16-28)34(31,32)22-9-8-21(33-22)19-27-23(30)20-10-12-24(25,26)13-11-20/h8-12H,2-7,13-19H2,1H3,(H,27,30). The Morgan fingerprint density at radius 3 is 2.47 bits per heavy atom. The number of piperazine rings is 1. The van der Waals surface area contributed by atoms with Crippen LogP contribution in [0, 0.1) is 0 Å². The minimum Gasteiger partial charge on any atom is -0.347 e. The van der Waals surface area contributed by atoms with Gasteiger partial charge in [-0.1, -0.05) is 74.4 Å². The predicted octanol–water partition coefficient (Wildman–Crippen LogP) is 5.09. The van der Waals surface area contributed by atoms with Crippen LogP contribution in [0.3, 0.4) is 0 Å². The smallest absolute Gasteiger partial charge is 0.252 e. The van der Waals surface area contributed by atoms with Gasteiger partial charge in [-0.2, -0.15) is 4.31 Å². The summed E-state index contributed by atoms with van der Waals surface area (Å²) in [5.41, 5.74) is 0.500. The van der Waals surface area contributed by atoms with E-state index in [1.165, 1.54) is 49.9 Å². The van der Waals surface area contributed by atoms with E-state index in [1.807, 2.05) is 0 Å². The Balaban J connectivity index is 1.43. The molecular weight excluding hydrogens is 513 g/mol. The first-order valence-electron chi connectivity index (χ1n) is 12.1. The van der Waals surface area contributed by atoms with Gasteiger partial charge in [-0.15, -0.1) is 11.3 Å². The van der Waals surface area contributed by atoms with Crippen molar-refractivity contribution in [2.75, 3.05) is 32.7 Å². The van der Waals surface area contributed by atoms with Crippen LogP contribution < -0.4 is 5.32 Å². The molecule has 10 heteroatoms. The summed E-state index contributed by atoms with van der Waals surface area (Å²) in [5, 5.41) is 2.83. The summed E-state index contributed by atoms with van der Waals surface area (Å²) in [6.07, 6.45) is 12.9. The number of thiophene rings is 1. The number of hydrogen-bond donors (Lipinski definition) is 1. The first kappa shape index (κ1) is 27.7. The van der Waals surface area contributed by atoms with Gasteiger partial charge in [0.15, 0.2) is 0 Å². The zero-order valence-electron chi connectivity index (χ0n) is 19.8. The molecule has 190 valence electrons. The fourth-order valence-corrected chi connectivity index (χ4v) is 7.21. The van der Waals surface area contributed by atoms with Crippen LogP contribution in [-0.2, 0) is 21.4 Å². The summed E-state index contributed by atoms with van der Waals surface area (Å²) in [4.78, 5) is 15.5. The molecule has 0 atom stereocenters. The lowest BCUT2D eigenvalue weighted by Gasteiger charge is -2.33. The van der Waals surface area contributed by atoms with Crippen molar-refractivity contribution in [1.82, 2.24) is 14.5 Å². The number of alkyl halides is 2. The number of sulfonamides is 1. The van der Waals surface area contributed by atoms with E-state index in [-0.39, 0.29) is 12.5 Å². The average Bonchev–Trinajstić information content (AvgIpc) is 3.30. The molecule has 0 unspecified atom stereocenters. The van der Waals surface area contributed by atoms with E-state index in [1.54, 1.807) is 34.7 Å². The number of carbonyl (C=O) groups is 1. The highest BCUT2D eigenvalue weighted by Crippen LogP contribution is 2.32. The molecule has 1 fully saturated rings. The van der Waals surface area contributed by atoms with E-state index in [0.29, 0.717) is 29.3 Å². The fourth-order valence-electron chi connectivity index (χ4n) is 4.06. The average molecular weight is 549 g/mol. The van der Waals surface area contributed by atoms with Crippen molar-refractivity contribution < 1.29 is 13.2 Å². The number of allylic oxidation sites excluding steroid dienone is 2. The molecule has 1 saturated heterocycles. The summed E-state index contributed by atoms with van der Waals surface area (Å²) < 4.78 is 27.1. The van der Waals surface area contributed by atoms with Crippen LogP contribution in [0.15, 0.2) is 40.1 Å². The molecule has 1 aromatic heterocycles. The number of nitrogens with zero attached hydrogens (tertiary/aromatic N) is 2. The third-order valence-electron chi connectivity index (χ3n) is 6.18. The number of nitrogens with one attached hydrogen (secondary N) is 1. The molecular formula is C24H35Cl2N3O3S2. The maximum atomic E-state index is 13.1. The lowest BCUT2D eigenvalue weighted by Crippen LogP contribution is -2.48. The van der Waals surface area contributed by atoms with Crippen LogP contribution in [0.1, 0.15) is 56.7 Å². The molecule has 2 aliphatic rings. The second kappa shape index (κ2) is 12.9. The molecule has 0 bridgehead atoms. The maximum Gasteiger partial charge on any atom is 0.252 e. The topological polar surface area (TPSA) is 69.7 Å². The molecule has 0 radical (unpaired) electrons. The minimum absolute atomic E-state index is 0.237. The van der Waals surface area contributed by atoms with Crippen LogP contribution in [0.5, 0.6) is 0 Å². The summed E-state index contributed by atoms with van der Waals surface area (Å²) in [6, 6.07) is 3.40. The molecule has 0 saturated carbocycles. The zero-order valence-corrected chi connectivity index (χ0v) is 22.9. The van der Waals surface area contributed by atoms with E-state index >= 15 is 0 Å². The Morgan fingerprint density at radius 1 is 1.09 bits per heavy atom. The van der Waals surface area contributed by atoms with E-state index in [2.05, 4.69) is 17.1 Å². The molecule has 3 rings (SSSR count). The van der Waals surface area contributed by atoms with Crippen molar-refractivity contribution in [3.8, 4) is 0 Å². The van der Waals surface area contributed by atoms with Crippen molar-refractivity contribution in [3.05, 3.63) is 40.8 Å². The van der Waals surface area contributed by atoms with Gasteiger partial charge in [-0.3, -0.25) is 4.79 Å². The van der Waals surface area contributed by atoms with Gasteiger partial charge < -0.3 is 10.2 Å². The summed E-state index contributed by atoms with van der Waals surface area (Å²) in [7, 11) is -3.51. The molecule has 1 amide bonds. The third kappa shape index (κ3) is 8.07. The van der Waals surface area contributed by atoms with E-state index in [0.717, 1.165) is 24.5 Å². The van der Waals surface area contributed by atoms with Gasteiger partial charge in [0.05, 0.1) is 6.54 Å². The Labute approximate surface area is 218 Å². The molecule has 34 heavy (non-hydrogen) atoms. The maximum absolute atomic E-state index is 13.1. The highest BCUT2D eigenvalue weighted by Gasteiger charge is 2.29. The Hall–Kier alpha value is -0.900.